The molecular weight excluding hydrogens is 631 g/mol. The number of ether oxygens (including phenoxy) is 1. The van der Waals surface area contributed by atoms with Crippen LogP contribution in [0, 0.1) is 5.92 Å². The number of esters is 1. The normalized spacial score (nSPS) is 19.0. The molecule has 2 aliphatic rings. The number of aromatic nitrogens is 1. The minimum atomic E-state index is -0.800. The molecule has 1 fully saturated rings. The van der Waals surface area contributed by atoms with Gasteiger partial charge in [0.1, 0.15) is 11.8 Å². The molecule has 3 aromatic carbocycles. The molecule has 4 heterocycles. The van der Waals surface area contributed by atoms with Crippen LogP contribution in [0.25, 0.3) is 10.8 Å². The highest BCUT2D eigenvalue weighted by atomic mass is 32.2. The molecule has 1 N–H and O–H groups in total. The minimum Gasteiger partial charge on any atom is -0.462 e. The van der Waals surface area contributed by atoms with Crippen LogP contribution >= 0.6 is 34.4 Å². The second-order valence-electron chi connectivity index (χ2n) is 10.6. The van der Waals surface area contributed by atoms with Gasteiger partial charge in [-0.2, -0.15) is 0 Å². The number of amides is 3. The molecule has 1 saturated heterocycles. The summed E-state index contributed by atoms with van der Waals surface area (Å²) in [6, 6.07) is 23.4. The number of fused-ring (bicyclic) bond motifs is 3. The first-order valence-corrected chi connectivity index (χ1v) is 16.8. The lowest BCUT2D eigenvalue weighted by Gasteiger charge is -2.29. The van der Waals surface area contributed by atoms with Crippen LogP contribution in [0.4, 0.5) is 11.4 Å². The number of rotatable bonds is 7. The third-order valence-electron chi connectivity index (χ3n) is 7.87. The number of benzene rings is 3. The van der Waals surface area contributed by atoms with Gasteiger partial charge in [-0.3, -0.25) is 23.7 Å². The minimum absolute atomic E-state index is 0.231. The van der Waals surface area contributed by atoms with Gasteiger partial charge >= 0.3 is 10.8 Å². The van der Waals surface area contributed by atoms with E-state index in [0.717, 1.165) is 38.7 Å². The highest BCUT2D eigenvalue weighted by Gasteiger charge is 2.57. The summed E-state index contributed by atoms with van der Waals surface area (Å²) in [6.45, 7) is 1.71. The number of anilines is 2. The first-order chi connectivity index (χ1) is 21.8. The van der Waals surface area contributed by atoms with E-state index in [4.69, 9.17) is 4.74 Å². The molecule has 9 nitrogen and oxygen atoms in total. The lowest BCUT2D eigenvalue weighted by molar-refractivity contribution is -0.122. The van der Waals surface area contributed by atoms with E-state index in [1.807, 2.05) is 60.0 Å². The smallest absolute Gasteiger partial charge is 0.338 e. The van der Waals surface area contributed by atoms with E-state index < -0.39 is 29.0 Å². The Morgan fingerprint density at radius 1 is 0.911 bits per heavy atom. The first kappa shape index (κ1) is 29.2. The van der Waals surface area contributed by atoms with Gasteiger partial charge < -0.3 is 10.1 Å². The number of thiophene rings is 1. The van der Waals surface area contributed by atoms with Gasteiger partial charge in [0.15, 0.2) is 0 Å². The van der Waals surface area contributed by atoms with E-state index in [1.54, 1.807) is 19.1 Å². The van der Waals surface area contributed by atoms with Crippen LogP contribution in [0.2, 0.25) is 0 Å². The molecular formula is C33H25N3O6S3. The summed E-state index contributed by atoms with van der Waals surface area (Å²) in [4.78, 5) is 69.0. The van der Waals surface area contributed by atoms with Crippen molar-refractivity contribution in [2.75, 3.05) is 16.8 Å². The van der Waals surface area contributed by atoms with E-state index in [9.17, 15) is 24.0 Å². The van der Waals surface area contributed by atoms with Crippen LogP contribution in [0.3, 0.4) is 0 Å². The molecule has 0 saturated carbocycles. The molecule has 3 unspecified atom stereocenters. The molecule has 12 heteroatoms. The van der Waals surface area contributed by atoms with Crippen LogP contribution in [0.5, 0.6) is 0 Å². The fourth-order valence-electron chi connectivity index (χ4n) is 5.86. The average Bonchev–Trinajstić information content (AvgIpc) is 3.74. The summed E-state index contributed by atoms with van der Waals surface area (Å²) < 4.78 is 6.46. The van der Waals surface area contributed by atoms with Gasteiger partial charge in [0.2, 0.25) is 17.7 Å². The summed E-state index contributed by atoms with van der Waals surface area (Å²) in [5.41, 5.74) is 1.28. The van der Waals surface area contributed by atoms with Crippen molar-refractivity contribution < 1.29 is 23.9 Å². The molecule has 2 aromatic heterocycles. The lowest BCUT2D eigenvalue weighted by Crippen LogP contribution is -2.32. The number of nitrogens with zero attached hydrogens (tertiary/aromatic N) is 2. The Labute approximate surface area is 269 Å². The summed E-state index contributed by atoms with van der Waals surface area (Å²) in [6.07, 6.45) is 0. The van der Waals surface area contributed by atoms with E-state index in [0.29, 0.717) is 26.8 Å². The van der Waals surface area contributed by atoms with E-state index in [1.165, 1.54) is 32.9 Å². The van der Waals surface area contributed by atoms with Crippen molar-refractivity contribution in [3.8, 4) is 0 Å². The van der Waals surface area contributed by atoms with Gasteiger partial charge in [0, 0.05) is 21.4 Å². The molecule has 2 aliphatic heterocycles. The maximum absolute atomic E-state index is 14.0. The van der Waals surface area contributed by atoms with Gasteiger partial charge in [0.25, 0.3) is 0 Å². The molecule has 0 bridgehead atoms. The zero-order valence-corrected chi connectivity index (χ0v) is 26.2. The third kappa shape index (κ3) is 5.18. The highest BCUT2D eigenvalue weighted by molar-refractivity contribution is 8.00. The van der Waals surface area contributed by atoms with E-state index in [2.05, 4.69) is 5.32 Å². The van der Waals surface area contributed by atoms with Crippen LogP contribution in [0.1, 0.15) is 33.0 Å². The fourth-order valence-corrected chi connectivity index (χ4v) is 9.58. The summed E-state index contributed by atoms with van der Waals surface area (Å²) in [5, 5.41) is 6.54. The van der Waals surface area contributed by atoms with Crippen LogP contribution in [0.15, 0.2) is 94.1 Å². The van der Waals surface area contributed by atoms with Gasteiger partial charge in [0.05, 0.1) is 28.8 Å². The largest absolute Gasteiger partial charge is 0.462 e. The number of imide groups is 1. The predicted molar refractivity (Wildman–Crippen MR) is 175 cm³/mol. The summed E-state index contributed by atoms with van der Waals surface area (Å²) in [7, 11) is 0. The average molecular weight is 656 g/mol. The Balaban J connectivity index is 1.20. The first-order valence-electron chi connectivity index (χ1n) is 14.2. The topological polar surface area (TPSA) is 115 Å². The van der Waals surface area contributed by atoms with Gasteiger partial charge in [-0.15, -0.1) is 11.3 Å². The van der Waals surface area contributed by atoms with Crippen molar-refractivity contribution in [1.82, 2.24) is 4.57 Å². The SMILES string of the molecule is CCOC(=O)c1ccc(N2C(=O)C3Sc4c(sc(=O)n4CC(=O)Nc4ccc5ccccc5c4)C(c4cccs4)C3C2=O)cc1. The molecule has 3 atom stereocenters. The quantitative estimate of drug-likeness (QED) is 0.176. The third-order valence-corrected chi connectivity index (χ3v) is 11.4. The Morgan fingerprint density at radius 3 is 2.42 bits per heavy atom. The standard InChI is InChI=1S/C33H25N3O6S3/c1-2-42-32(40)19-10-13-22(14-11-19)36-29(38)26-25(23-8-5-15-43-23)28-31(44-27(26)30(36)39)35(33(41)45-28)17-24(37)34-21-12-9-18-6-3-4-7-20(18)16-21/h3-16,25-27H,2,17H2,1H3,(H,34,37). The predicted octanol–water partition coefficient (Wildman–Crippen LogP) is 5.74. The Morgan fingerprint density at radius 2 is 1.69 bits per heavy atom. The van der Waals surface area contributed by atoms with Gasteiger partial charge in [-0.05, 0) is 65.5 Å². The van der Waals surface area contributed by atoms with Crippen molar-refractivity contribution in [1.29, 1.82) is 0 Å². The Kier molecular flexibility index (Phi) is 7.64. The number of nitrogens with one attached hydrogen (secondary N) is 1. The van der Waals surface area contributed by atoms with Gasteiger partial charge in [-0.1, -0.05) is 59.5 Å². The van der Waals surface area contributed by atoms with Crippen molar-refractivity contribution in [2.24, 2.45) is 5.92 Å². The molecule has 226 valence electrons. The van der Waals surface area contributed by atoms with E-state index in [-0.39, 0.29) is 29.8 Å². The lowest BCUT2D eigenvalue weighted by atomic mass is 9.87. The van der Waals surface area contributed by atoms with Crippen molar-refractivity contribution in [3.63, 3.8) is 0 Å². The number of thiazole rings is 1. The second-order valence-corrected chi connectivity index (χ2v) is 13.7. The molecule has 0 aliphatic carbocycles. The molecule has 0 spiro atoms. The molecule has 45 heavy (non-hydrogen) atoms. The number of thioether (sulfide) groups is 1. The molecule has 0 radical (unpaired) electrons. The van der Waals surface area contributed by atoms with E-state index >= 15 is 0 Å². The molecule has 7 rings (SSSR count). The van der Waals surface area contributed by atoms with Crippen molar-refractivity contribution in [2.45, 2.75) is 29.7 Å². The van der Waals surface area contributed by atoms with Crippen LogP contribution < -0.4 is 15.1 Å². The highest BCUT2D eigenvalue weighted by Crippen LogP contribution is 2.54. The zero-order valence-electron chi connectivity index (χ0n) is 23.8. The van der Waals surface area contributed by atoms with Gasteiger partial charge in [-0.25, -0.2) is 9.69 Å². The number of hydrogen-bond acceptors (Lipinski definition) is 9. The number of carbonyl (C=O) groups is 4. The zero-order chi connectivity index (χ0) is 31.2. The maximum atomic E-state index is 14.0. The second kappa shape index (κ2) is 11.8. The maximum Gasteiger partial charge on any atom is 0.338 e. The summed E-state index contributed by atoms with van der Waals surface area (Å²) in [5.74, 6) is -2.90. The molecule has 3 amide bonds. The number of carbonyl (C=O) groups excluding carboxylic acids is 4. The number of hydrogen-bond donors (Lipinski definition) is 1. The summed E-state index contributed by atoms with van der Waals surface area (Å²) >= 11 is 3.63. The monoisotopic (exact) mass is 655 g/mol. The van der Waals surface area contributed by atoms with Crippen molar-refractivity contribution >= 4 is 80.3 Å². The Hall–Kier alpha value is -4.52. The fraction of sp³-hybridized carbons (Fsp3) is 0.182. The van der Waals surface area contributed by atoms with Crippen LogP contribution in [-0.2, 0) is 25.7 Å². The van der Waals surface area contributed by atoms with Crippen LogP contribution in [-0.4, -0.2) is 40.1 Å². The Bertz CT molecular complexity index is 2030. The van der Waals surface area contributed by atoms with Crippen molar-refractivity contribution in [3.05, 3.63) is 109 Å². The molecule has 5 aromatic rings.